The largest absolute Gasteiger partial charge is 0.493 e. The number of rotatable bonds is 9. The van der Waals surface area contributed by atoms with Crippen molar-refractivity contribution < 1.29 is 18.9 Å². The van der Waals surface area contributed by atoms with E-state index in [0.29, 0.717) is 47.3 Å². The fourth-order valence-electron chi connectivity index (χ4n) is 4.45. The van der Waals surface area contributed by atoms with Crippen LogP contribution >= 0.6 is 33.9 Å². The maximum absolute atomic E-state index is 9.60. The zero-order chi connectivity index (χ0) is 32.3. The first-order chi connectivity index (χ1) is 22.5. The first-order valence-electron chi connectivity index (χ1n) is 14.1. The number of ether oxygens (including phenoxy) is 4. The molecule has 0 saturated heterocycles. The first-order valence-corrected chi connectivity index (χ1v) is 16.0. The second-order valence-corrected chi connectivity index (χ2v) is 12.0. The van der Waals surface area contributed by atoms with Gasteiger partial charge in [-0.25, -0.2) is 4.98 Å². The predicted octanol–water partition coefficient (Wildman–Crippen LogP) is 9.17. The van der Waals surface area contributed by atoms with Crippen molar-refractivity contribution in [3.63, 3.8) is 0 Å². The number of hydrogen-bond donors (Lipinski definition) is 0. The van der Waals surface area contributed by atoms with Gasteiger partial charge in [0.25, 0.3) is 0 Å². The van der Waals surface area contributed by atoms with Crippen molar-refractivity contribution in [2.24, 2.45) is 0 Å². The van der Waals surface area contributed by atoms with E-state index in [0.717, 1.165) is 35.5 Å². The second kappa shape index (κ2) is 15.8. The lowest BCUT2D eigenvalue weighted by molar-refractivity contribution is 0.284. The monoisotopic (exact) mass is 737 g/mol. The molecule has 0 bridgehead atoms. The fourth-order valence-corrected chi connectivity index (χ4v) is 6.01. The third-order valence-corrected chi connectivity index (χ3v) is 8.76. The Labute approximate surface area is 285 Å². The number of benzene rings is 5. The van der Waals surface area contributed by atoms with Crippen LogP contribution in [-0.2, 0) is 13.2 Å². The molecule has 1 aromatic heterocycles. The Bertz CT molecular complexity index is 1990. The molecule has 0 aliphatic rings. The minimum atomic E-state index is 0.419. The van der Waals surface area contributed by atoms with Crippen LogP contribution < -0.4 is 18.9 Å². The van der Waals surface area contributed by atoms with Gasteiger partial charge in [-0.3, -0.25) is 0 Å². The summed E-state index contributed by atoms with van der Waals surface area (Å²) in [5, 5.41) is 19.4. The van der Waals surface area contributed by atoms with Crippen LogP contribution in [0, 0.1) is 26.2 Å². The number of thiazole rings is 1. The van der Waals surface area contributed by atoms with Crippen LogP contribution in [0.25, 0.3) is 20.8 Å². The maximum Gasteiger partial charge on any atom is 0.162 e. The summed E-state index contributed by atoms with van der Waals surface area (Å²) in [6.07, 6.45) is 0. The van der Waals surface area contributed by atoms with Crippen LogP contribution in [0.15, 0.2) is 109 Å². The zero-order valence-electron chi connectivity index (χ0n) is 25.1. The number of halogens is 1. The molecule has 1 heterocycles. The Morgan fingerprint density at radius 1 is 0.652 bits per heavy atom. The van der Waals surface area contributed by atoms with Crippen molar-refractivity contribution >= 4 is 44.1 Å². The van der Waals surface area contributed by atoms with E-state index in [2.05, 4.69) is 39.7 Å². The number of aromatic nitrogens is 1. The number of hydrogen-bond acceptors (Lipinski definition) is 8. The molecule has 6 aromatic rings. The highest BCUT2D eigenvalue weighted by atomic mass is 127. The third-order valence-electron chi connectivity index (χ3n) is 6.80. The topological polar surface area (TPSA) is 97.4 Å². The Kier molecular flexibility index (Phi) is 11.1. The van der Waals surface area contributed by atoms with Crippen LogP contribution in [0.2, 0.25) is 0 Å². The van der Waals surface area contributed by atoms with E-state index in [1.807, 2.05) is 97.1 Å². The van der Waals surface area contributed by atoms with E-state index in [1.54, 1.807) is 37.7 Å². The smallest absolute Gasteiger partial charge is 0.162 e. The molecule has 0 spiro atoms. The molecule has 5 aromatic carbocycles. The van der Waals surface area contributed by atoms with Crippen LogP contribution in [0.4, 0.5) is 0 Å². The van der Waals surface area contributed by atoms with Crippen LogP contribution in [0.5, 0.6) is 23.0 Å². The molecule has 0 radical (unpaired) electrons. The van der Waals surface area contributed by atoms with Gasteiger partial charge in [0, 0.05) is 21.3 Å². The lowest BCUT2D eigenvalue weighted by Crippen LogP contribution is -1.99. The molecule has 0 amide bonds. The van der Waals surface area contributed by atoms with Gasteiger partial charge in [-0.15, -0.1) is 11.3 Å². The quantitative estimate of drug-likeness (QED) is 0.137. The summed E-state index contributed by atoms with van der Waals surface area (Å²) in [5.41, 5.74) is 4.92. The Morgan fingerprint density at radius 2 is 1.17 bits per heavy atom. The van der Waals surface area contributed by atoms with Crippen molar-refractivity contribution in [3.8, 4) is 45.7 Å². The van der Waals surface area contributed by atoms with E-state index in [9.17, 15) is 5.26 Å². The van der Waals surface area contributed by atoms with Crippen molar-refractivity contribution in [1.29, 1.82) is 10.5 Å². The average Bonchev–Trinajstić information content (AvgIpc) is 3.55. The average molecular weight is 738 g/mol. The molecule has 0 saturated carbocycles. The molecule has 0 aliphatic heterocycles. The Balaban J connectivity index is 0.000000193. The van der Waals surface area contributed by atoms with E-state index >= 15 is 0 Å². The highest BCUT2D eigenvalue weighted by Crippen LogP contribution is 2.39. The van der Waals surface area contributed by atoms with Gasteiger partial charge < -0.3 is 18.9 Å². The van der Waals surface area contributed by atoms with E-state index < -0.39 is 0 Å². The van der Waals surface area contributed by atoms with Crippen molar-refractivity contribution in [2.45, 2.75) is 13.2 Å². The predicted molar refractivity (Wildman–Crippen MR) is 188 cm³/mol. The van der Waals surface area contributed by atoms with Crippen molar-refractivity contribution in [2.75, 3.05) is 14.2 Å². The van der Waals surface area contributed by atoms with Gasteiger partial charge in [0.05, 0.1) is 35.6 Å². The van der Waals surface area contributed by atoms with Crippen LogP contribution in [0.3, 0.4) is 0 Å². The fraction of sp³-hybridized carbons (Fsp3) is 0.108. The van der Waals surface area contributed by atoms with E-state index in [-0.39, 0.29) is 0 Å². The molecule has 7 nitrogen and oxygen atoms in total. The number of fused-ring (bicyclic) bond motifs is 1. The van der Waals surface area contributed by atoms with Gasteiger partial charge in [0.1, 0.15) is 30.4 Å². The summed E-state index contributed by atoms with van der Waals surface area (Å²) in [5.74, 6) is 2.35. The van der Waals surface area contributed by atoms with Gasteiger partial charge >= 0.3 is 0 Å². The first kappa shape index (κ1) is 32.3. The van der Waals surface area contributed by atoms with Gasteiger partial charge in [-0.05, 0) is 58.0 Å². The minimum absolute atomic E-state index is 0.419. The van der Waals surface area contributed by atoms with Crippen molar-refractivity contribution in [3.05, 3.63) is 135 Å². The van der Waals surface area contributed by atoms with E-state index in [4.69, 9.17) is 24.2 Å². The highest BCUT2D eigenvalue weighted by molar-refractivity contribution is 14.1. The normalized spacial score (nSPS) is 10.2. The maximum atomic E-state index is 9.60. The molecule has 0 N–H and O–H groups in total. The second-order valence-electron chi connectivity index (χ2n) is 9.79. The Hall–Kier alpha value is -5.10. The lowest BCUT2D eigenvalue weighted by atomic mass is 10.1. The summed E-state index contributed by atoms with van der Waals surface area (Å²) in [6, 6.07) is 39.2. The number of nitrogens with zero attached hydrogens (tertiary/aromatic N) is 3. The molecular weight excluding hydrogens is 709 g/mol. The number of methoxy groups -OCH3 is 2. The summed E-state index contributed by atoms with van der Waals surface area (Å²) in [4.78, 5) is 4.68. The third kappa shape index (κ3) is 7.94. The molecule has 0 unspecified atom stereocenters. The zero-order valence-corrected chi connectivity index (χ0v) is 28.0. The summed E-state index contributed by atoms with van der Waals surface area (Å²) in [7, 11) is 3.14. The van der Waals surface area contributed by atoms with Crippen LogP contribution in [0.1, 0.15) is 22.3 Å². The molecule has 0 aliphatic carbocycles. The van der Waals surface area contributed by atoms with E-state index in [1.165, 1.54) is 0 Å². The lowest BCUT2D eigenvalue weighted by Gasteiger charge is -2.13. The molecule has 0 fully saturated rings. The highest BCUT2D eigenvalue weighted by Gasteiger charge is 2.17. The molecule has 6 rings (SSSR count). The molecule has 46 heavy (non-hydrogen) atoms. The SMILES string of the molecule is COc1cc(C#N)c(-c2nc3ccccc3s2)cc1OCc1ccccc1.COc1cc(C#N)c(I)cc1OCc1ccccc1. The van der Waals surface area contributed by atoms with Gasteiger partial charge in [-0.1, -0.05) is 72.8 Å². The minimum Gasteiger partial charge on any atom is -0.493 e. The molecule has 228 valence electrons. The Morgan fingerprint density at radius 3 is 1.72 bits per heavy atom. The molecule has 0 atom stereocenters. The summed E-state index contributed by atoms with van der Waals surface area (Å²) < 4.78 is 24.4. The molecular formula is C37H28IN3O4S. The summed E-state index contributed by atoms with van der Waals surface area (Å²) >= 11 is 3.67. The molecule has 9 heteroatoms. The standard InChI is InChI=1S/C22H16N2O2S.C15H12INO2/c1-25-19-11-16(13-23)17(22-24-18-9-5-6-10-21(18)27-22)12-20(19)26-14-15-7-3-2-4-8-15;1-18-14-7-12(9-17)13(16)8-15(14)19-10-11-5-3-2-4-6-11/h2-12H,14H2,1H3;2-8H,10H2,1H3. The number of nitriles is 2. The van der Waals surface area contributed by atoms with Gasteiger partial charge in [0.15, 0.2) is 23.0 Å². The van der Waals surface area contributed by atoms with Crippen LogP contribution in [-0.4, -0.2) is 19.2 Å². The van der Waals surface area contributed by atoms with Gasteiger partial charge in [-0.2, -0.15) is 10.5 Å². The summed E-state index contributed by atoms with van der Waals surface area (Å²) in [6.45, 7) is 0.890. The van der Waals surface area contributed by atoms with Gasteiger partial charge in [0.2, 0.25) is 0 Å². The van der Waals surface area contributed by atoms with Crippen molar-refractivity contribution in [1.82, 2.24) is 4.98 Å². The number of para-hydroxylation sites is 1.